The van der Waals surface area contributed by atoms with E-state index in [1.54, 1.807) is 13.8 Å². The number of hydrogen-bond acceptors (Lipinski definition) is 3. The van der Waals surface area contributed by atoms with E-state index in [1.165, 1.54) is 7.11 Å². The molecule has 1 N–H and O–H groups in total. The Morgan fingerprint density at radius 1 is 1.59 bits per heavy atom. The smallest absolute Gasteiger partial charge is 0.290 e. The average Bonchev–Trinajstić information content (AvgIpc) is 2.21. The van der Waals surface area contributed by atoms with Gasteiger partial charge in [0.25, 0.3) is 5.92 Å². The monoisotopic (exact) mass is 251 g/mol. The molecule has 1 atom stereocenters. The molecule has 0 aliphatic carbocycles. The Morgan fingerprint density at radius 2 is 2.18 bits per heavy atom. The Labute approximate surface area is 99.5 Å². The number of likely N-dealkylation sites (tertiary alicyclic amines) is 1. The van der Waals surface area contributed by atoms with Gasteiger partial charge in [0.2, 0.25) is 5.91 Å². The van der Waals surface area contributed by atoms with E-state index < -0.39 is 24.0 Å². The lowest BCUT2D eigenvalue weighted by atomic mass is 9.91. The summed E-state index contributed by atoms with van der Waals surface area (Å²) < 4.78 is 31.5. The first kappa shape index (κ1) is 14.3. The van der Waals surface area contributed by atoms with Crippen molar-refractivity contribution in [3.8, 4) is 0 Å². The fourth-order valence-electron chi connectivity index (χ4n) is 1.95. The highest BCUT2D eigenvalue weighted by molar-refractivity contribution is 5.82. The molecule has 0 spiro atoms. The number of aliphatic hydroxyl groups excluding tert-OH is 1. The van der Waals surface area contributed by atoms with Gasteiger partial charge < -0.3 is 14.7 Å². The van der Waals surface area contributed by atoms with Crippen molar-refractivity contribution in [3.63, 3.8) is 0 Å². The Morgan fingerprint density at radius 3 is 2.65 bits per heavy atom. The number of ether oxygens (including phenoxy) is 1. The molecular formula is C11H19F2NO3. The molecule has 1 heterocycles. The third-order valence-corrected chi connectivity index (χ3v) is 2.93. The van der Waals surface area contributed by atoms with Crippen molar-refractivity contribution in [1.29, 1.82) is 0 Å². The third kappa shape index (κ3) is 3.13. The number of rotatable bonds is 3. The highest BCUT2D eigenvalue weighted by atomic mass is 19.3. The molecule has 1 saturated heterocycles. The lowest BCUT2D eigenvalue weighted by Gasteiger charge is -2.39. The first-order chi connectivity index (χ1) is 7.70. The first-order valence-corrected chi connectivity index (χ1v) is 5.55. The summed E-state index contributed by atoms with van der Waals surface area (Å²) in [5.74, 6) is -3.59. The fraction of sp³-hybridized carbons (Fsp3) is 0.909. The van der Waals surface area contributed by atoms with Crippen LogP contribution in [0.5, 0.6) is 0 Å². The molecule has 6 heteroatoms. The molecule has 0 bridgehead atoms. The summed E-state index contributed by atoms with van der Waals surface area (Å²) in [6.45, 7) is 2.92. The van der Waals surface area contributed by atoms with Crippen LogP contribution < -0.4 is 0 Å². The minimum Gasteiger partial charge on any atom is -0.387 e. The maximum absolute atomic E-state index is 13.3. The van der Waals surface area contributed by atoms with Crippen molar-refractivity contribution in [1.82, 2.24) is 4.90 Å². The van der Waals surface area contributed by atoms with Crippen LogP contribution in [-0.2, 0) is 9.53 Å². The van der Waals surface area contributed by atoms with Crippen LogP contribution in [0.3, 0.4) is 0 Å². The van der Waals surface area contributed by atoms with E-state index in [0.717, 1.165) is 4.90 Å². The third-order valence-electron chi connectivity index (χ3n) is 2.93. The van der Waals surface area contributed by atoms with E-state index in [4.69, 9.17) is 9.84 Å². The van der Waals surface area contributed by atoms with Gasteiger partial charge in [-0.25, -0.2) is 8.78 Å². The second kappa shape index (κ2) is 4.86. The Balaban J connectivity index is 2.72. The van der Waals surface area contributed by atoms with Gasteiger partial charge in [0.15, 0.2) is 0 Å². The summed E-state index contributed by atoms with van der Waals surface area (Å²) in [4.78, 5) is 13.1. The van der Waals surface area contributed by atoms with Crippen molar-refractivity contribution < 1.29 is 23.4 Å². The zero-order valence-electron chi connectivity index (χ0n) is 10.4. The number of aliphatic hydroxyl groups is 1. The molecule has 1 rings (SSSR count). The fourth-order valence-corrected chi connectivity index (χ4v) is 1.95. The van der Waals surface area contributed by atoms with Crippen molar-refractivity contribution in [3.05, 3.63) is 0 Å². The van der Waals surface area contributed by atoms with Gasteiger partial charge in [0.05, 0.1) is 18.6 Å². The number of methoxy groups -OCH3 is 1. The second-order valence-electron chi connectivity index (χ2n) is 5.11. The number of hydrogen-bond donors (Lipinski definition) is 1. The quantitative estimate of drug-likeness (QED) is 0.810. The molecular weight excluding hydrogens is 232 g/mol. The molecule has 100 valence electrons. The lowest BCUT2D eigenvalue weighted by molar-refractivity contribution is -0.172. The maximum Gasteiger partial charge on any atom is 0.290 e. The molecule has 0 aromatic heterocycles. The van der Waals surface area contributed by atoms with E-state index in [-0.39, 0.29) is 25.5 Å². The topological polar surface area (TPSA) is 49.8 Å². The largest absolute Gasteiger partial charge is 0.387 e. The van der Waals surface area contributed by atoms with Crippen LogP contribution in [0.4, 0.5) is 8.78 Å². The van der Waals surface area contributed by atoms with Crippen LogP contribution in [0, 0.1) is 5.41 Å². The molecule has 0 aromatic rings. The summed E-state index contributed by atoms with van der Waals surface area (Å²) in [6, 6.07) is 0. The Hall–Kier alpha value is -0.750. The Kier molecular flexibility index (Phi) is 4.09. The minimum atomic E-state index is -3.23. The number of amides is 1. The maximum atomic E-state index is 13.3. The van der Waals surface area contributed by atoms with Gasteiger partial charge in [0, 0.05) is 13.7 Å². The van der Waals surface area contributed by atoms with Crippen molar-refractivity contribution in [2.75, 3.05) is 26.8 Å². The number of nitrogens with zero attached hydrogens (tertiary/aromatic N) is 1. The SMILES string of the molecule is COCC(C)(C)C(=O)N1CCC(O)C(F)(F)C1. The van der Waals surface area contributed by atoms with Gasteiger partial charge in [-0.3, -0.25) is 4.79 Å². The number of alkyl halides is 2. The molecule has 17 heavy (non-hydrogen) atoms. The Bertz CT molecular complexity index is 294. The molecule has 4 nitrogen and oxygen atoms in total. The van der Waals surface area contributed by atoms with Crippen molar-refractivity contribution >= 4 is 5.91 Å². The number of halogens is 2. The summed E-state index contributed by atoms with van der Waals surface area (Å²) in [5, 5.41) is 9.13. The molecule has 1 amide bonds. The molecule has 0 radical (unpaired) electrons. The average molecular weight is 251 g/mol. The summed E-state index contributed by atoms with van der Waals surface area (Å²) in [7, 11) is 1.46. The molecule has 1 aliphatic rings. The summed E-state index contributed by atoms with van der Waals surface area (Å²) in [6.07, 6.45) is -1.75. The zero-order chi connectivity index (χ0) is 13.3. The molecule has 0 saturated carbocycles. The van der Waals surface area contributed by atoms with Crippen molar-refractivity contribution in [2.24, 2.45) is 5.41 Å². The highest BCUT2D eigenvalue weighted by Crippen LogP contribution is 2.30. The number of carbonyl (C=O) groups excluding carboxylic acids is 1. The van der Waals surface area contributed by atoms with Crippen LogP contribution in [0.1, 0.15) is 20.3 Å². The zero-order valence-corrected chi connectivity index (χ0v) is 10.4. The van der Waals surface area contributed by atoms with Crippen LogP contribution in [0.25, 0.3) is 0 Å². The minimum absolute atomic E-state index is 0.0954. The van der Waals surface area contributed by atoms with Crippen LogP contribution in [0.15, 0.2) is 0 Å². The number of piperidine rings is 1. The van der Waals surface area contributed by atoms with Crippen molar-refractivity contribution in [2.45, 2.75) is 32.3 Å². The van der Waals surface area contributed by atoms with E-state index in [1.807, 2.05) is 0 Å². The van der Waals surface area contributed by atoms with Crippen LogP contribution in [-0.4, -0.2) is 54.7 Å². The van der Waals surface area contributed by atoms with Gasteiger partial charge in [-0.15, -0.1) is 0 Å². The number of carbonyl (C=O) groups is 1. The van der Waals surface area contributed by atoms with E-state index >= 15 is 0 Å². The van der Waals surface area contributed by atoms with E-state index in [2.05, 4.69) is 0 Å². The lowest BCUT2D eigenvalue weighted by Crippen LogP contribution is -2.56. The van der Waals surface area contributed by atoms with Gasteiger partial charge >= 0.3 is 0 Å². The van der Waals surface area contributed by atoms with Gasteiger partial charge in [-0.05, 0) is 20.3 Å². The molecule has 1 aliphatic heterocycles. The molecule has 1 unspecified atom stereocenters. The molecule has 1 fully saturated rings. The van der Waals surface area contributed by atoms with E-state index in [0.29, 0.717) is 0 Å². The molecule has 0 aromatic carbocycles. The predicted octanol–water partition coefficient (Wildman–Crippen LogP) is 0.888. The summed E-state index contributed by atoms with van der Waals surface area (Å²) >= 11 is 0. The predicted molar refractivity (Wildman–Crippen MR) is 57.8 cm³/mol. The second-order valence-corrected chi connectivity index (χ2v) is 5.11. The normalized spacial score (nSPS) is 24.8. The first-order valence-electron chi connectivity index (χ1n) is 5.55. The van der Waals surface area contributed by atoms with Crippen LogP contribution >= 0.6 is 0 Å². The standard InChI is InChI=1S/C11H19F2NO3/c1-10(2,7-17-3)9(16)14-5-4-8(15)11(12,13)6-14/h8,15H,4-7H2,1-3H3. The van der Waals surface area contributed by atoms with E-state index in [9.17, 15) is 13.6 Å². The van der Waals surface area contributed by atoms with Crippen LogP contribution in [0.2, 0.25) is 0 Å². The highest BCUT2D eigenvalue weighted by Gasteiger charge is 2.47. The van der Waals surface area contributed by atoms with Gasteiger partial charge in [-0.1, -0.05) is 0 Å². The van der Waals surface area contributed by atoms with Gasteiger partial charge in [-0.2, -0.15) is 0 Å². The summed E-state index contributed by atoms with van der Waals surface area (Å²) in [5.41, 5.74) is -0.826. The van der Waals surface area contributed by atoms with Gasteiger partial charge in [0.1, 0.15) is 6.10 Å².